The molecule has 0 aromatic heterocycles. The number of hydrogen-bond acceptors (Lipinski definition) is 3. The van der Waals surface area contributed by atoms with Gasteiger partial charge in [-0.15, -0.1) is 0 Å². The molecule has 0 aliphatic heterocycles. The zero-order chi connectivity index (χ0) is 12.0. The van der Waals surface area contributed by atoms with Gasteiger partial charge in [0.25, 0.3) is 0 Å². The van der Waals surface area contributed by atoms with E-state index in [1.54, 1.807) is 7.11 Å². The lowest BCUT2D eigenvalue weighted by Gasteiger charge is -2.41. The molecule has 1 fully saturated rings. The molecule has 16 heavy (non-hydrogen) atoms. The highest BCUT2D eigenvalue weighted by atomic mass is 16.5. The van der Waals surface area contributed by atoms with Gasteiger partial charge in [-0.1, -0.05) is 19.8 Å². The standard InChI is InChI=1S/C13H27NO2/c1-4-11(2)14(9-10-16-3)12-7-5-6-8-13(12)15/h11-13,15H,4-10H2,1-3H3/t11?,12-,13-/m1/s1. The van der Waals surface area contributed by atoms with E-state index in [9.17, 15) is 5.11 Å². The van der Waals surface area contributed by atoms with Crippen LogP contribution in [-0.4, -0.2) is 48.5 Å². The minimum Gasteiger partial charge on any atom is -0.391 e. The Bertz CT molecular complexity index is 187. The van der Waals surface area contributed by atoms with Crippen LogP contribution >= 0.6 is 0 Å². The van der Waals surface area contributed by atoms with E-state index in [-0.39, 0.29) is 6.10 Å². The highest BCUT2D eigenvalue weighted by Gasteiger charge is 2.30. The predicted octanol–water partition coefficient (Wildman–Crippen LogP) is 2.04. The van der Waals surface area contributed by atoms with Crippen molar-refractivity contribution in [1.82, 2.24) is 4.90 Å². The molecule has 3 heteroatoms. The van der Waals surface area contributed by atoms with Gasteiger partial charge in [0, 0.05) is 25.7 Å². The van der Waals surface area contributed by atoms with Gasteiger partial charge in [0.1, 0.15) is 0 Å². The maximum absolute atomic E-state index is 10.1. The lowest BCUT2D eigenvalue weighted by atomic mass is 9.90. The van der Waals surface area contributed by atoms with Gasteiger partial charge in [0.2, 0.25) is 0 Å². The second kappa shape index (κ2) is 7.25. The maximum atomic E-state index is 10.1. The molecule has 1 aliphatic rings. The van der Waals surface area contributed by atoms with E-state index in [2.05, 4.69) is 18.7 Å². The minimum absolute atomic E-state index is 0.139. The summed E-state index contributed by atoms with van der Waals surface area (Å²) in [5.74, 6) is 0. The quantitative estimate of drug-likeness (QED) is 0.756. The molecule has 0 saturated heterocycles. The summed E-state index contributed by atoms with van der Waals surface area (Å²) in [6.45, 7) is 6.15. The third kappa shape index (κ3) is 3.72. The first-order valence-corrected chi connectivity index (χ1v) is 6.63. The maximum Gasteiger partial charge on any atom is 0.0695 e. The van der Waals surface area contributed by atoms with Gasteiger partial charge < -0.3 is 9.84 Å². The number of aliphatic hydroxyl groups is 1. The van der Waals surface area contributed by atoms with E-state index in [1.165, 1.54) is 12.8 Å². The average Bonchev–Trinajstić information content (AvgIpc) is 2.31. The van der Waals surface area contributed by atoms with Crippen molar-refractivity contribution in [3.63, 3.8) is 0 Å². The Labute approximate surface area is 99.8 Å². The van der Waals surface area contributed by atoms with Crippen molar-refractivity contribution in [3.05, 3.63) is 0 Å². The van der Waals surface area contributed by atoms with Gasteiger partial charge in [-0.2, -0.15) is 0 Å². The smallest absolute Gasteiger partial charge is 0.0695 e. The van der Waals surface area contributed by atoms with Crippen LogP contribution in [0.5, 0.6) is 0 Å². The summed E-state index contributed by atoms with van der Waals surface area (Å²) in [6.07, 6.45) is 5.52. The summed E-state index contributed by atoms with van der Waals surface area (Å²) in [7, 11) is 1.74. The number of ether oxygens (including phenoxy) is 1. The molecule has 3 nitrogen and oxygen atoms in total. The number of nitrogens with zero attached hydrogens (tertiary/aromatic N) is 1. The molecule has 96 valence electrons. The predicted molar refractivity (Wildman–Crippen MR) is 66.6 cm³/mol. The summed E-state index contributed by atoms with van der Waals surface area (Å²) in [4.78, 5) is 2.44. The first kappa shape index (κ1) is 13.9. The SMILES string of the molecule is CCC(C)N(CCOC)[C@@H]1CCCC[C@H]1O. The molecule has 1 aliphatic carbocycles. The molecule has 0 heterocycles. The fourth-order valence-electron chi connectivity index (χ4n) is 2.62. The third-order valence-electron chi connectivity index (χ3n) is 3.83. The first-order chi connectivity index (χ1) is 7.70. The number of rotatable bonds is 6. The molecule has 0 bridgehead atoms. The normalized spacial score (nSPS) is 28.3. The number of hydrogen-bond donors (Lipinski definition) is 1. The summed E-state index contributed by atoms with van der Waals surface area (Å²) in [6, 6.07) is 0.881. The molecule has 1 N–H and O–H groups in total. The van der Waals surface area contributed by atoms with Crippen molar-refractivity contribution < 1.29 is 9.84 Å². The van der Waals surface area contributed by atoms with Crippen LogP contribution in [0.2, 0.25) is 0 Å². The Morgan fingerprint density at radius 1 is 1.38 bits per heavy atom. The summed E-state index contributed by atoms with van der Waals surface area (Å²) >= 11 is 0. The van der Waals surface area contributed by atoms with E-state index < -0.39 is 0 Å². The fourth-order valence-corrected chi connectivity index (χ4v) is 2.62. The lowest BCUT2D eigenvalue weighted by Crippen LogP contribution is -2.50. The second-order valence-electron chi connectivity index (χ2n) is 4.91. The lowest BCUT2D eigenvalue weighted by molar-refractivity contribution is -0.00992. The summed E-state index contributed by atoms with van der Waals surface area (Å²) in [5.41, 5.74) is 0. The fraction of sp³-hybridized carbons (Fsp3) is 1.00. The Hall–Kier alpha value is -0.120. The molecule has 1 unspecified atom stereocenters. The molecule has 0 aromatic rings. The average molecular weight is 229 g/mol. The van der Waals surface area contributed by atoms with E-state index in [4.69, 9.17) is 4.74 Å². The van der Waals surface area contributed by atoms with Crippen LogP contribution in [0.1, 0.15) is 46.0 Å². The topological polar surface area (TPSA) is 32.7 Å². The van der Waals surface area contributed by atoms with Crippen LogP contribution in [0.15, 0.2) is 0 Å². The van der Waals surface area contributed by atoms with Crippen LogP contribution in [-0.2, 0) is 4.74 Å². The largest absolute Gasteiger partial charge is 0.391 e. The molecule has 1 saturated carbocycles. The Kier molecular flexibility index (Phi) is 6.32. The van der Waals surface area contributed by atoms with Crippen molar-refractivity contribution in [1.29, 1.82) is 0 Å². The van der Waals surface area contributed by atoms with Gasteiger partial charge in [-0.25, -0.2) is 0 Å². The van der Waals surface area contributed by atoms with Gasteiger partial charge in [-0.05, 0) is 26.2 Å². The monoisotopic (exact) mass is 229 g/mol. The number of aliphatic hydroxyl groups excluding tert-OH is 1. The van der Waals surface area contributed by atoms with Crippen LogP contribution < -0.4 is 0 Å². The molecule has 0 spiro atoms. The highest BCUT2D eigenvalue weighted by molar-refractivity contribution is 4.85. The molecule has 0 aromatic carbocycles. The van der Waals surface area contributed by atoms with Crippen LogP contribution in [0.3, 0.4) is 0 Å². The van der Waals surface area contributed by atoms with E-state index >= 15 is 0 Å². The molecular weight excluding hydrogens is 202 g/mol. The van der Waals surface area contributed by atoms with Gasteiger partial charge in [-0.3, -0.25) is 4.90 Å². The zero-order valence-electron chi connectivity index (χ0n) is 11.0. The van der Waals surface area contributed by atoms with E-state index in [0.29, 0.717) is 12.1 Å². The van der Waals surface area contributed by atoms with Crippen molar-refractivity contribution in [2.45, 2.75) is 64.1 Å². The van der Waals surface area contributed by atoms with Gasteiger partial charge in [0.15, 0.2) is 0 Å². The minimum atomic E-state index is -0.139. The highest BCUT2D eigenvalue weighted by Crippen LogP contribution is 2.25. The van der Waals surface area contributed by atoms with E-state index in [0.717, 1.165) is 32.4 Å². The first-order valence-electron chi connectivity index (χ1n) is 6.63. The Balaban J connectivity index is 2.57. The van der Waals surface area contributed by atoms with Crippen molar-refractivity contribution in [2.24, 2.45) is 0 Å². The summed E-state index contributed by atoms with van der Waals surface area (Å²) in [5, 5.41) is 10.1. The van der Waals surface area contributed by atoms with Crippen LogP contribution in [0.25, 0.3) is 0 Å². The Morgan fingerprint density at radius 3 is 2.62 bits per heavy atom. The zero-order valence-corrected chi connectivity index (χ0v) is 11.0. The second-order valence-corrected chi connectivity index (χ2v) is 4.91. The molecule has 3 atom stereocenters. The Morgan fingerprint density at radius 2 is 2.06 bits per heavy atom. The van der Waals surface area contributed by atoms with Crippen molar-refractivity contribution >= 4 is 0 Å². The summed E-state index contributed by atoms with van der Waals surface area (Å²) < 4.78 is 5.17. The van der Waals surface area contributed by atoms with Crippen LogP contribution in [0, 0.1) is 0 Å². The molecule has 0 amide bonds. The number of methoxy groups -OCH3 is 1. The third-order valence-corrected chi connectivity index (χ3v) is 3.83. The molecule has 0 radical (unpaired) electrons. The van der Waals surface area contributed by atoms with E-state index in [1.807, 2.05) is 0 Å². The van der Waals surface area contributed by atoms with Crippen molar-refractivity contribution in [2.75, 3.05) is 20.3 Å². The van der Waals surface area contributed by atoms with Gasteiger partial charge in [0.05, 0.1) is 12.7 Å². The molecular formula is C13H27NO2. The van der Waals surface area contributed by atoms with Crippen molar-refractivity contribution in [3.8, 4) is 0 Å². The van der Waals surface area contributed by atoms with Crippen LogP contribution in [0.4, 0.5) is 0 Å². The molecule has 1 rings (SSSR count). The van der Waals surface area contributed by atoms with Gasteiger partial charge >= 0.3 is 0 Å².